The van der Waals surface area contributed by atoms with Crippen LogP contribution in [0.25, 0.3) is 0 Å². The highest BCUT2D eigenvalue weighted by Gasteiger charge is 2.52. The summed E-state index contributed by atoms with van der Waals surface area (Å²) in [4.78, 5) is 17.6. The number of hydrogen-bond donors (Lipinski definition) is 0. The molecule has 1 aliphatic carbocycles. The van der Waals surface area contributed by atoms with Crippen LogP contribution >= 0.6 is 0 Å². The van der Waals surface area contributed by atoms with Crippen LogP contribution in [0.2, 0.25) is 0 Å². The number of hydrogen-bond acceptors (Lipinski definition) is 4. The van der Waals surface area contributed by atoms with E-state index in [4.69, 9.17) is 0 Å². The van der Waals surface area contributed by atoms with Crippen molar-refractivity contribution < 1.29 is 4.79 Å². The lowest BCUT2D eigenvalue weighted by Crippen LogP contribution is -2.44. The van der Waals surface area contributed by atoms with E-state index in [1.165, 1.54) is 12.0 Å². The summed E-state index contributed by atoms with van der Waals surface area (Å²) in [5, 5.41) is 8.61. The SMILES string of the molecule is Cn1cnnc1C1CN(C(=O)C2CC2)CC12CCN(CCCc1ccccc1)CC2. The number of aryl methyl sites for hydroxylation is 2. The second-order valence-electron chi connectivity index (χ2n) is 9.64. The lowest BCUT2D eigenvalue weighted by atomic mass is 9.70. The van der Waals surface area contributed by atoms with Gasteiger partial charge in [-0.3, -0.25) is 4.79 Å². The number of likely N-dealkylation sites (tertiary alicyclic amines) is 2. The molecular formula is C24H33N5O. The zero-order valence-corrected chi connectivity index (χ0v) is 18.0. The number of piperidine rings is 1. The molecule has 1 spiro atoms. The molecular weight excluding hydrogens is 374 g/mol. The predicted molar refractivity (Wildman–Crippen MR) is 116 cm³/mol. The molecule has 2 aliphatic heterocycles. The standard InChI is InChI=1S/C24H33N5O/c1-27-18-25-26-22(27)21-16-29(23(30)20-9-10-20)17-24(21)11-14-28(15-12-24)13-5-8-19-6-3-2-4-7-19/h2-4,6-7,18,20-21H,5,8-17H2,1H3. The summed E-state index contributed by atoms with van der Waals surface area (Å²) >= 11 is 0. The van der Waals surface area contributed by atoms with Gasteiger partial charge in [0, 0.05) is 37.4 Å². The van der Waals surface area contributed by atoms with Crippen molar-refractivity contribution >= 4 is 5.91 Å². The fourth-order valence-corrected chi connectivity index (χ4v) is 5.57. The highest BCUT2D eigenvalue weighted by Crippen LogP contribution is 2.50. The Balaban J connectivity index is 1.23. The van der Waals surface area contributed by atoms with Gasteiger partial charge in [0.2, 0.25) is 5.91 Å². The van der Waals surface area contributed by atoms with Crippen LogP contribution in [0.1, 0.15) is 49.4 Å². The average Bonchev–Trinajstić information content (AvgIpc) is 3.44. The van der Waals surface area contributed by atoms with Crippen LogP contribution in [0.3, 0.4) is 0 Å². The number of aromatic nitrogens is 3. The van der Waals surface area contributed by atoms with Crippen LogP contribution in [0.5, 0.6) is 0 Å². The third-order valence-electron chi connectivity index (χ3n) is 7.58. The van der Waals surface area contributed by atoms with Crippen LogP contribution in [0.4, 0.5) is 0 Å². The minimum atomic E-state index is 0.154. The fourth-order valence-electron chi connectivity index (χ4n) is 5.57. The zero-order chi connectivity index (χ0) is 20.6. The number of amides is 1. The molecule has 30 heavy (non-hydrogen) atoms. The van der Waals surface area contributed by atoms with E-state index in [0.717, 1.165) is 70.7 Å². The Bertz CT molecular complexity index is 867. The molecule has 1 atom stereocenters. The highest BCUT2D eigenvalue weighted by molar-refractivity contribution is 5.81. The smallest absolute Gasteiger partial charge is 0.225 e. The minimum Gasteiger partial charge on any atom is -0.341 e. The number of carbonyl (C=O) groups is 1. The van der Waals surface area contributed by atoms with E-state index in [0.29, 0.717) is 17.7 Å². The quantitative estimate of drug-likeness (QED) is 0.739. The Morgan fingerprint density at radius 1 is 1.17 bits per heavy atom. The Labute approximate surface area is 179 Å². The maximum absolute atomic E-state index is 12.8. The number of nitrogens with zero attached hydrogens (tertiary/aromatic N) is 5. The fraction of sp³-hybridized carbons (Fsp3) is 0.625. The molecule has 0 radical (unpaired) electrons. The van der Waals surface area contributed by atoms with Gasteiger partial charge in [0.25, 0.3) is 0 Å². The molecule has 1 saturated carbocycles. The maximum atomic E-state index is 12.8. The number of benzene rings is 1. The molecule has 3 aliphatic rings. The van der Waals surface area contributed by atoms with Crippen LogP contribution in [0.15, 0.2) is 36.7 Å². The first-order valence-corrected chi connectivity index (χ1v) is 11.5. The van der Waals surface area contributed by atoms with Gasteiger partial charge in [0.15, 0.2) is 0 Å². The molecule has 160 valence electrons. The molecule has 1 aromatic heterocycles. The summed E-state index contributed by atoms with van der Waals surface area (Å²) in [5.41, 5.74) is 1.58. The summed E-state index contributed by atoms with van der Waals surface area (Å²) in [7, 11) is 2.03. The van der Waals surface area contributed by atoms with Gasteiger partial charge >= 0.3 is 0 Å². The van der Waals surface area contributed by atoms with Gasteiger partial charge in [-0.15, -0.1) is 10.2 Å². The predicted octanol–water partition coefficient (Wildman–Crippen LogP) is 2.87. The molecule has 1 amide bonds. The molecule has 2 saturated heterocycles. The molecule has 1 unspecified atom stereocenters. The normalized spacial score (nSPS) is 23.9. The number of carbonyl (C=O) groups excluding carboxylic acids is 1. The lowest BCUT2D eigenvalue weighted by molar-refractivity contribution is -0.132. The second kappa shape index (κ2) is 8.14. The summed E-state index contributed by atoms with van der Waals surface area (Å²) in [6.07, 6.45) is 8.59. The van der Waals surface area contributed by atoms with E-state index in [9.17, 15) is 4.79 Å². The topological polar surface area (TPSA) is 54.3 Å². The first-order chi connectivity index (χ1) is 14.6. The van der Waals surface area contributed by atoms with Gasteiger partial charge in [0.05, 0.1) is 0 Å². The van der Waals surface area contributed by atoms with Crippen molar-refractivity contribution in [1.29, 1.82) is 0 Å². The van der Waals surface area contributed by atoms with E-state index < -0.39 is 0 Å². The maximum Gasteiger partial charge on any atom is 0.225 e. The van der Waals surface area contributed by atoms with E-state index in [-0.39, 0.29) is 5.41 Å². The van der Waals surface area contributed by atoms with Crippen molar-refractivity contribution in [3.05, 3.63) is 48.0 Å². The van der Waals surface area contributed by atoms with E-state index in [2.05, 4.69) is 54.9 Å². The third kappa shape index (κ3) is 3.89. The van der Waals surface area contributed by atoms with Crippen LogP contribution in [-0.4, -0.2) is 63.2 Å². The minimum absolute atomic E-state index is 0.154. The molecule has 5 rings (SSSR count). The highest BCUT2D eigenvalue weighted by atomic mass is 16.2. The molecule has 6 nitrogen and oxygen atoms in total. The molecule has 0 N–H and O–H groups in total. The lowest BCUT2D eigenvalue weighted by Gasteiger charge is -2.42. The Morgan fingerprint density at radius 2 is 1.93 bits per heavy atom. The van der Waals surface area contributed by atoms with Crippen molar-refractivity contribution in [3.8, 4) is 0 Å². The van der Waals surface area contributed by atoms with E-state index in [1.807, 2.05) is 7.05 Å². The molecule has 2 aromatic rings. The third-order valence-corrected chi connectivity index (χ3v) is 7.58. The van der Waals surface area contributed by atoms with Crippen molar-refractivity contribution in [2.24, 2.45) is 18.4 Å². The van der Waals surface area contributed by atoms with Crippen LogP contribution in [-0.2, 0) is 18.3 Å². The van der Waals surface area contributed by atoms with Crippen molar-refractivity contribution in [1.82, 2.24) is 24.6 Å². The number of rotatable bonds is 6. The van der Waals surface area contributed by atoms with Gasteiger partial charge in [-0.25, -0.2) is 0 Å². The van der Waals surface area contributed by atoms with E-state index >= 15 is 0 Å². The van der Waals surface area contributed by atoms with Crippen molar-refractivity contribution in [3.63, 3.8) is 0 Å². The Morgan fingerprint density at radius 3 is 2.60 bits per heavy atom. The summed E-state index contributed by atoms with van der Waals surface area (Å²) in [5.74, 6) is 2.03. The van der Waals surface area contributed by atoms with Gasteiger partial charge in [-0.2, -0.15) is 0 Å². The van der Waals surface area contributed by atoms with Gasteiger partial charge < -0.3 is 14.4 Å². The van der Waals surface area contributed by atoms with Crippen molar-refractivity contribution in [2.75, 3.05) is 32.7 Å². The first-order valence-electron chi connectivity index (χ1n) is 11.5. The van der Waals surface area contributed by atoms with Crippen LogP contribution < -0.4 is 0 Å². The Hall–Kier alpha value is -2.21. The molecule has 3 fully saturated rings. The molecule has 0 bridgehead atoms. The summed E-state index contributed by atoms with van der Waals surface area (Å²) in [6, 6.07) is 10.8. The van der Waals surface area contributed by atoms with Gasteiger partial charge in [-0.1, -0.05) is 30.3 Å². The molecule has 1 aromatic carbocycles. The van der Waals surface area contributed by atoms with Gasteiger partial charge in [0.1, 0.15) is 12.2 Å². The van der Waals surface area contributed by atoms with E-state index in [1.54, 1.807) is 6.33 Å². The summed E-state index contributed by atoms with van der Waals surface area (Å²) in [6.45, 7) is 5.11. The first kappa shape index (κ1) is 19.7. The van der Waals surface area contributed by atoms with Crippen LogP contribution in [0, 0.1) is 11.3 Å². The molecule has 3 heterocycles. The molecule has 6 heteroatoms. The van der Waals surface area contributed by atoms with Gasteiger partial charge in [-0.05, 0) is 63.7 Å². The Kier molecular flexibility index (Phi) is 5.35. The average molecular weight is 408 g/mol. The largest absolute Gasteiger partial charge is 0.341 e. The second-order valence-corrected chi connectivity index (χ2v) is 9.64. The zero-order valence-electron chi connectivity index (χ0n) is 18.0. The van der Waals surface area contributed by atoms with Crippen molar-refractivity contribution in [2.45, 2.75) is 44.4 Å². The summed E-state index contributed by atoms with van der Waals surface area (Å²) < 4.78 is 2.06. The monoisotopic (exact) mass is 407 g/mol.